The normalized spacial score (nSPS) is 21.1. The van der Waals surface area contributed by atoms with Crippen LogP contribution in [0, 0.1) is 5.92 Å². The van der Waals surface area contributed by atoms with Crippen molar-refractivity contribution >= 4 is 12.0 Å². The van der Waals surface area contributed by atoms with E-state index in [1.54, 1.807) is 4.90 Å². The lowest BCUT2D eigenvalue weighted by Gasteiger charge is -2.26. The first kappa shape index (κ1) is 14.8. The Morgan fingerprint density at radius 2 is 2.06 bits per heavy atom. The van der Waals surface area contributed by atoms with Crippen molar-refractivity contribution in [3.8, 4) is 0 Å². The molecular weight excluding hydrogens is 232 g/mol. The number of hydrogen-bond acceptors (Lipinski definition) is 2. The number of carboxylic acids is 1. The van der Waals surface area contributed by atoms with Gasteiger partial charge in [-0.1, -0.05) is 13.8 Å². The predicted octanol–water partition coefficient (Wildman–Crippen LogP) is 2.07. The molecule has 1 aliphatic heterocycles. The largest absolute Gasteiger partial charge is 0.481 e. The molecule has 104 valence electrons. The van der Waals surface area contributed by atoms with Crippen molar-refractivity contribution in [3.63, 3.8) is 0 Å². The van der Waals surface area contributed by atoms with Crippen molar-refractivity contribution in [1.82, 2.24) is 10.2 Å². The molecule has 1 saturated heterocycles. The fourth-order valence-corrected chi connectivity index (χ4v) is 2.58. The molecule has 1 aliphatic rings. The van der Waals surface area contributed by atoms with Crippen LogP contribution in [0.5, 0.6) is 0 Å². The molecule has 2 atom stereocenters. The maximum Gasteiger partial charge on any atom is 0.317 e. The first-order valence-electron chi connectivity index (χ1n) is 6.69. The van der Waals surface area contributed by atoms with Gasteiger partial charge in [0.15, 0.2) is 0 Å². The van der Waals surface area contributed by atoms with Gasteiger partial charge in [-0.3, -0.25) is 4.79 Å². The molecule has 18 heavy (non-hydrogen) atoms. The number of rotatable bonds is 5. The molecule has 0 aliphatic carbocycles. The number of carbonyl (C=O) groups is 2. The Kier molecular flexibility index (Phi) is 5.44. The van der Waals surface area contributed by atoms with Crippen LogP contribution in [0.3, 0.4) is 0 Å². The molecule has 0 bridgehead atoms. The van der Waals surface area contributed by atoms with Crippen LogP contribution in [0.4, 0.5) is 4.79 Å². The number of urea groups is 1. The molecule has 0 saturated carbocycles. The Morgan fingerprint density at radius 1 is 1.39 bits per heavy atom. The van der Waals surface area contributed by atoms with Crippen LogP contribution in [0.1, 0.15) is 46.5 Å². The van der Waals surface area contributed by atoms with Gasteiger partial charge < -0.3 is 15.3 Å². The van der Waals surface area contributed by atoms with Gasteiger partial charge in [0.25, 0.3) is 0 Å². The van der Waals surface area contributed by atoms with Crippen LogP contribution in [0.2, 0.25) is 0 Å². The number of carboxylic acid groups (broad SMARTS) is 1. The van der Waals surface area contributed by atoms with Crippen LogP contribution in [-0.2, 0) is 4.79 Å². The number of nitrogens with zero attached hydrogens (tertiary/aromatic N) is 1. The van der Waals surface area contributed by atoms with Crippen LogP contribution >= 0.6 is 0 Å². The van der Waals surface area contributed by atoms with Crippen molar-refractivity contribution in [3.05, 3.63) is 0 Å². The maximum atomic E-state index is 12.1. The summed E-state index contributed by atoms with van der Waals surface area (Å²) in [6, 6.07) is -0.135. The lowest BCUT2D eigenvalue weighted by molar-refractivity contribution is -0.137. The zero-order valence-corrected chi connectivity index (χ0v) is 11.5. The van der Waals surface area contributed by atoms with Crippen molar-refractivity contribution in [1.29, 1.82) is 0 Å². The van der Waals surface area contributed by atoms with E-state index in [0.29, 0.717) is 12.5 Å². The van der Waals surface area contributed by atoms with Crippen molar-refractivity contribution in [2.75, 3.05) is 6.54 Å². The highest BCUT2D eigenvalue weighted by Gasteiger charge is 2.30. The highest BCUT2D eigenvalue weighted by Crippen LogP contribution is 2.20. The van der Waals surface area contributed by atoms with E-state index in [0.717, 1.165) is 19.3 Å². The fourth-order valence-electron chi connectivity index (χ4n) is 2.58. The summed E-state index contributed by atoms with van der Waals surface area (Å²) in [4.78, 5) is 24.5. The fraction of sp³-hybridized carbons (Fsp3) is 0.846. The SMILES string of the molecule is CC(C)CC(C)NC(=O)N1CCCC1CC(=O)O. The number of likely N-dealkylation sites (tertiary alicyclic amines) is 1. The molecule has 2 unspecified atom stereocenters. The molecule has 5 nitrogen and oxygen atoms in total. The van der Waals surface area contributed by atoms with E-state index < -0.39 is 5.97 Å². The summed E-state index contributed by atoms with van der Waals surface area (Å²) in [7, 11) is 0. The molecule has 5 heteroatoms. The number of aliphatic carboxylic acids is 1. The summed E-state index contributed by atoms with van der Waals surface area (Å²) < 4.78 is 0. The van der Waals surface area contributed by atoms with Gasteiger partial charge >= 0.3 is 12.0 Å². The van der Waals surface area contributed by atoms with E-state index in [1.165, 1.54) is 0 Å². The molecule has 0 aromatic carbocycles. The summed E-state index contributed by atoms with van der Waals surface area (Å²) in [6.07, 6.45) is 2.66. The maximum absolute atomic E-state index is 12.1. The van der Waals surface area contributed by atoms with Crippen LogP contribution in [0.15, 0.2) is 0 Å². The zero-order chi connectivity index (χ0) is 13.7. The molecule has 0 aromatic heterocycles. The third kappa shape index (κ3) is 4.55. The number of nitrogens with one attached hydrogen (secondary N) is 1. The Morgan fingerprint density at radius 3 is 2.61 bits per heavy atom. The zero-order valence-electron chi connectivity index (χ0n) is 11.5. The summed E-state index contributed by atoms with van der Waals surface area (Å²) in [5, 5.41) is 11.8. The highest BCUT2D eigenvalue weighted by atomic mass is 16.4. The van der Waals surface area contributed by atoms with E-state index in [-0.39, 0.29) is 24.5 Å². The Hall–Kier alpha value is -1.26. The van der Waals surface area contributed by atoms with Gasteiger partial charge in [-0.2, -0.15) is 0 Å². The van der Waals surface area contributed by atoms with Crippen LogP contribution in [0.25, 0.3) is 0 Å². The third-order valence-electron chi connectivity index (χ3n) is 3.24. The number of carbonyl (C=O) groups excluding carboxylic acids is 1. The van der Waals surface area contributed by atoms with Crippen molar-refractivity contribution in [2.45, 2.75) is 58.5 Å². The van der Waals surface area contributed by atoms with Gasteiger partial charge in [-0.15, -0.1) is 0 Å². The Balaban J connectivity index is 2.47. The molecule has 2 amide bonds. The lowest BCUT2D eigenvalue weighted by atomic mass is 10.1. The average molecular weight is 256 g/mol. The first-order chi connectivity index (χ1) is 8.40. The lowest BCUT2D eigenvalue weighted by Crippen LogP contribution is -2.46. The van der Waals surface area contributed by atoms with Gasteiger partial charge in [-0.25, -0.2) is 4.79 Å². The van der Waals surface area contributed by atoms with Gasteiger partial charge in [0.05, 0.1) is 6.42 Å². The minimum absolute atomic E-state index is 0.0476. The predicted molar refractivity (Wildman–Crippen MR) is 69.4 cm³/mol. The quantitative estimate of drug-likeness (QED) is 0.791. The highest BCUT2D eigenvalue weighted by molar-refractivity contribution is 5.76. The van der Waals surface area contributed by atoms with Crippen LogP contribution in [-0.4, -0.2) is 40.6 Å². The van der Waals surface area contributed by atoms with Gasteiger partial charge in [0.2, 0.25) is 0 Å². The third-order valence-corrected chi connectivity index (χ3v) is 3.24. The first-order valence-corrected chi connectivity index (χ1v) is 6.69. The van der Waals surface area contributed by atoms with Crippen LogP contribution < -0.4 is 5.32 Å². The molecule has 0 radical (unpaired) electrons. The van der Waals surface area contributed by atoms with Crippen molar-refractivity contribution < 1.29 is 14.7 Å². The van der Waals surface area contributed by atoms with E-state index >= 15 is 0 Å². The van der Waals surface area contributed by atoms with Crippen molar-refractivity contribution in [2.24, 2.45) is 5.92 Å². The summed E-state index contributed by atoms with van der Waals surface area (Å²) in [5.74, 6) is -0.302. The van der Waals surface area contributed by atoms with Gasteiger partial charge in [-0.05, 0) is 32.1 Å². The van der Waals surface area contributed by atoms with E-state index in [2.05, 4.69) is 19.2 Å². The summed E-state index contributed by atoms with van der Waals surface area (Å²) in [5.41, 5.74) is 0. The molecule has 2 N–H and O–H groups in total. The average Bonchev–Trinajstić information content (AvgIpc) is 2.62. The Labute approximate surface area is 109 Å². The van der Waals surface area contributed by atoms with E-state index in [4.69, 9.17) is 5.11 Å². The summed E-state index contributed by atoms with van der Waals surface area (Å²) in [6.45, 7) is 6.88. The molecular formula is C13H24N2O3. The van der Waals surface area contributed by atoms with E-state index in [9.17, 15) is 9.59 Å². The minimum Gasteiger partial charge on any atom is -0.481 e. The number of amides is 2. The molecule has 1 fully saturated rings. The Bertz CT molecular complexity index is 305. The minimum atomic E-state index is -0.838. The molecule has 0 spiro atoms. The topological polar surface area (TPSA) is 69.6 Å². The summed E-state index contributed by atoms with van der Waals surface area (Å²) >= 11 is 0. The standard InChI is InChI=1S/C13H24N2O3/c1-9(2)7-10(3)14-13(18)15-6-4-5-11(15)8-12(16)17/h9-11H,4-8H2,1-3H3,(H,14,18)(H,16,17). The smallest absolute Gasteiger partial charge is 0.317 e. The van der Waals surface area contributed by atoms with E-state index in [1.807, 2.05) is 6.92 Å². The second-order valence-electron chi connectivity index (χ2n) is 5.57. The second kappa shape index (κ2) is 6.61. The second-order valence-corrected chi connectivity index (χ2v) is 5.57. The molecule has 0 aromatic rings. The molecule has 1 rings (SSSR count). The van der Waals surface area contributed by atoms with Gasteiger partial charge in [0, 0.05) is 18.6 Å². The monoisotopic (exact) mass is 256 g/mol. The molecule has 1 heterocycles. The number of hydrogen-bond donors (Lipinski definition) is 2. The van der Waals surface area contributed by atoms with Gasteiger partial charge in [0.1, 0.15) is 0 Å².